The molecule has 2 aromatic carbocycles. The summed E-state index contributed by atoms with van der Waals surface area (Å²) in [7, 11) is 0. The molecular formula is C26H23F3N4O4. The topological polar surface area (TPSA) is 119 Å². The largest absolute Gasteiger partial charge is 0.573 e. The van der Waals surface area contributed by atoms with Crippen LogP contribution < -0.4 is 15.4 Å². The Morgan fingerprint density at radius 3 is 2.19 bits per heavy atom. The van der Waals surface area contributed by atoms with Gasteiger partial charge in [0.25, 0.3) is 5.78 Å². The molecular weight excluding hydrogens is 489 g/mol. The van der Waals surface area contributed by atoms with Gasteiger partial charge < -0.3 is 15.6 Å². The highest BCUT2D eigenvalue weighted by molar-refractivity contribution is 6.51. The summed E-state index contributed by atoms with van der Waals surface area (Å²) in [5.41, 5.74) is 7.32. The quantitative estimate of drug-likeness (QED) is 0.282. The van der Waals surface area contributed by atoms with Crippen LogP contribution in [0.3, 0.4) is 0 Å². The van der Waals surface area contributed by atoms with E-state index in [2.05, 4.69) is 14.9 Å². The number of Topliss-reactive ketones (excluding diaryl/α,β-unsaturated/α-hetero) is 1. The number of hydrogen-bond donors (Lipinski definition) is 2. The van der Waals surface area contributed by atoms with Gasteiger partial charge in [0.1, 0.15) is 11.5 Å². The molecule has 0 saturated carbocycles. The van der Waals surface area contributed by atoms with Gasteiger partial charge in [-0.05, 0) is 41.3 Å². The molecule has 1 saturated heterocycles. The van der Waals surface area contributed by atoms with E-state index >= 15 is 0 Å². The number of aliphatic hydroxyl groups is 1. The van der Waals surface area contributed by atoms with E-state index in [1.54, 1.807) is 24.3 Å². The second-order valence-electron chi connectivity index (χ2n) is 8.65. The minimum absolute atomic E-state index is 0.00845. The third-order valence-electron chi connectivity index (χ3n) is 5.89. The van der Waals surface area contributed by atoms with Crippen LogP contribution in [-0.2, 0) is 16.1 Å². The smallest absolute Gasteiger partial charge is 0.507 e. The number of carbonyl (C=O) groups excluding carboxylic acids is 2. The number of hydrogen-bond acceptors (Lipinski definition) is 7. The first kappa shape index (κ1) is 25.8. The standard InChI is InChI=1S/C26H23F3N4O4/c1-14(2)15-3-5-17(6-4-15)23(34)21-22(16-7-10-19(11-8-16)37-26(27,28)29)33(25(36)24(21)35)20-12-9-18(13-30)31-32-20/h3-12,14,22,34H,13,30H2,1-2H3/b23-21+/t22-/m1/s1. The van der Waals surface area contributed by atoms with Crippen LogP contribution in [0.2, 0.25) is 0 Å². The Hall–Kier alpha value is -4.25. The predicted octanol–water partition coefficient (Wildman–Crippen LogP) is 4.58. The Kier molecular flexibility index (Phi) is 6.99. The van der Waals surface area contributed by atoms with Gasteiger partial charge in [-0.25, -0.2) is 0 Å². The minimum Gasteiger partial charge on any atom is -0.507 e. The number of nitrogens with zero attached hydrogens (tertiary/aromatic N) is 3. The molecule has 0 radical (unpaired) electrons. The maximum absolute atomic E-state index is 13.2. The molecule has 37 heavy (non-hydrogen) atoms. The monoisotopic (exact) mass is 512 g/mol. The maximum atomic E-state index is 13.2. The van der Waals surface area contributed by atoms with Gasteiger partial charge in [-0.1, -0.05) is 50.2 Å². The van der Waals surface area contributed by atoms with Gasteiger partial charge in [0.05, 0.1) is 17.3 Å². The van der Waals surface area contributed by atoms with Gasteiger partial charge in [0, 0.05) is 12.1 Å². The van der Waals surface area contributed by atoms with Gasteiger partial charge >= 0.3 is 12.3 Å². The van der Waals surface area contributed by atoms with Crippen LogP contribution in [0.25, 0.3) is 5.76 Å². The van der Waals surface area contributed by atoms with E-state index in [-0.39, 0.29) is 29.4 Å². The van der Waals surface area contributed by atoms with Crippen molar-refractivity contribution in [1.82, 2.24) is 10.2 Å². The van der Waals surface area contributed by atoms with Crippen LogP contribution >= 0.6 is 0 Å². The molecule has 1 fully saturated rings. The summed E-state index contributed by atoms with van der Waals surface area (Å²) in [5.74, 6) is -2.62. The highest BCUT2D eigenvalue weighted by Gasteiger charge is 2.47. The normalized spacial score (nSPS) is 17.5. The Labute approximate surface area is 210 Å². The molecule has 0 aliphatic carbocycles. The van der Waals surface area contributed by atoms with Crippen molar-refractivity contribution in [2.45, 2.75) is 38.7 Å². The molecule has 1 aliphatic heterocycles. The lowest BCUT2D eigenvalue weighted by Gasteiger charge is -2.24. The average molecular weight is 512 g/mol. The molecule has 1 atom stereocenters. The summed E-state index contributed by atoms with van der Waals surface area (Å²) in [5, 5.41) is 19.1. The lowest BCUT2D eigenvalue weighted by molar-refractivity contribution is -0.274. The lowest BCUT2D eigenvalue weighted by atomic mass is 9.94. The first-order chi connectivity index (χ1) is 17.5. The van der Waals surface area contributed by atoms with Crippen molar-refractivity contribution in [3.63, 3.8) is 0 Å². The SMILES string of the molecule is CC(C)c1ccc(/C(O)=C2\C(=O)C(=O)N(c3ccc(CN)nn3)[C@@H]2c2ccc(OC(F)(F)F)cc2)cc1. The highest BCUT2D eigenvalue weighted by Crippen LogP contribution is 2.42. The Bertz CT molecular complexity index is 1340. The van der Waals surface area contributed by atoms with Crippen molar-refractivity contribution in [2.24, 2.45) is 5.73 Å². The Balaban J connectivity index is 1.85. The van der Waals surface area contributed by atoms with E-state index in [1.807, 2.05) is 13.8 Å². The van der Waals surface area contributed by atoms with E-state index in [1.165, 1.54) is 24.3 Å². The van der Waals surface area contributed by atoms with Gasteiger partial charge in [-0.3, -0.25) is 14.5 Å². The fourth-order valence-corrected chi connectivity index (χ4v) is 4.01. The van der Waals surface area contributed by atoms with Gasteiger partial charge in [0.15, 0.2) is 5.82 Å². The first-order valence-electron chi connectivity index (χ1n) is 11.3. The van der Waals surface area contributed by atoms with Gasteiger partial charge in [-0.2, -0.15) is 5.10 Å². The molecule has 1 aromatic heterocycles. The third kappa shape index (κ3) is 5.31. The molecule has 11 heteroatoms. The molecule has 3 N–H and O–H groups in total. The molecule has 0 spiro atoms. The van der Waals surface area contributed by atoms with Crippen molar-refractivity contribution < 1.29 is 32.6 Å². The van der Waals surface area contributed by atoms with Crippen LogP contribution in [0.5, 0.6) is 5.75 Å². The number of halogens is 3. The van der Waals surface area contributed by atoms with Crippen LogP contribution in [0, 0.1) is 0 Å². The zero-order valence-corrected chi connectivity index (χ0v) is 19.9. The fraction of sp³-hybridized carbons (Fsp3) is 0.231. The van der Waals surface area contributed by atoms with Crippen molar-refractivity contribution >= 4 is 23.3 Å². The zero-order chi connectivity index (χ0) is 26.9. The second kappa shape index (κ2) is 10.0. The number of carbonyl (C=O) groups is 2. The molecule has 2 heterocycles. The molecule has 1 aliphatic rings. The van der Waals surface area contributed by atoms with Crippen LogP contribution in [0.4, 0.5) is 19.0 Å². The van der Waals surface area contributed by atoms with E-state index in [4.69, 9.17) is 5.73 Å². The second-order valence-corrected chi connectivity index (χ2v) is 8.65. The third-order valence-corrected chi connectivity index (χ3v) is 5.89. The maximum Gasteiger partial charge on any atom is 0.573 e. The summed E-state index contributed by atoms with van der Waals surface area (Å²) < 4.78 is 41.8. The Morgan fingerprint density at radius 2 is 1.68 bits per heavy atom. The molecule has 0 bridgehead atoms. The number of ketones is 1. The van der Waals surface area contributed by atoms with E-state index < -0.39 is 35.6 Å². The number of aliphatic hydroxyl groups excluding tert-OH is 1. The van der Waals surface area contributed by atoms with Crippen LogP contribution in [0.15, 0.2) is 66.2 Å². The average Bonchev–Trinajstić information content (AvgIpc) is 3.13. The number of nitrogens with two attached hydrogens (primary N) is 1. The minimum atomic E-state index is -4.89. The number of ether oxygens (including phenoxy) is 1. The van der Waals surface area contributed by atoms with Crippen molar-refractivity contribution in [3.05, 3.63) is 88.6 Å². The van der Waals surface area contributed by atoms with Crippen LogP contribution in [0.1, 0.15) is 48.2 Å². The molecule has 4 rings (SSSR count). The lowest BCUT2D eigenvalue weighted by Crippen LogP contribution is -2.30. The molecule has 0 unspecified atom stereocenters. The summed E-state index contributed by atoms with van der Waals surface area (Å²) >= 11 is 0. The summed E-state index contributed by atoms with van der Waals surface area (Å²) in [6.07, 6.45) is -4.89. The van der Waals surface area contributed by atoms with Gasteiger partial charge in [-0.15, -0.1) is 18.3 Å². The van der Waals surface area contributed by atoms with Gasteiger partial charge in [0.2, 0.25) is 0 Å². The molecule has 192 valence electrons. The molecule has 3 aromatic rings. The first-order valence-corrected chi connectivity index (χ1v) is 11.3. The predicted molar refractivity (Wildman–Crippen MR) is 128 cm³/mol. The number of benzene rings is 2. The summed E-state index contributed by atoms with van der Waals surface area (Å²) in [6, 6.07) is 13.3. The molecule has 8 nitrogen and oxygen atoms in total. The zero-order valence-electron chi connectivity index (χ0n) is 19.9. The number of alkyl halides is 3. The van der Waals surface area contributed by atoms with Crippen molar-refractivity contribution in [1.29, 1.82) is 0 Å². The van der Waals surface area contributed by atoms with Crippen molar-refractivity contribution in [2.75, 3.05) is 4.90 Å². The number of aromatic nitrogens is 2. The highest BCUT2D eigenvalue weighted by atomic mass is 19.4. The molecule has 1 amide bonds. The fourth-order valence-electron chi connectivity index (χ4n) is 4.01. The van der Waals surface area contributed by atoms with E-state index in [0.717, 1.165) is 22.6 Å². The van der Waals surface area contributed by atoms with E-state index in [9.17, 15) is 27.9 Å². The van der Waals surface area contributed by atoms with Crippen LogP contribution in [-0.4, -0.2) is 33.4 Å². The van der Waals surface area contributed by atoms with E-state index in [0.29, 0.717) is 11.3 Å². The summed E-state index contributed by atoms with van der Waals surface area (Å²) in [6.45, 7) is 4.11. The summed E-state index contributed by atoms with van der Waals surface area (Å²) in [4.78, 5) is 27.4. The number of rotatable bonds is 6. The number of anilines is 1. The van der Waals surface area contributed by atoms with Crippen molar-refractivity contribution in [3.8, 4) is 5.75 Å². The number of amides is 1. The Morgan fingerprint density at radius 1 is 1.03 bits per heavy atom.